The Balaban J connectivity index is 2.77. The van der Waals surface area contributed by atoms with E-state index in [1.165, 1.54) is 0 Å². The summed E-state index contributed by atoms with van der Waals surface area (Å²) in [6.45, 7) is 0. The van der Waals surface area contributed by atoms with Crippen LogP contribution in [0, 0.1) is 17.5 Å². The van der Waals surface area contributed by atoms with Gasteiger partial charge >= 0.3 is 0 Å². The van der Waals surface area contributed by atoms with Crippen LogP contribution in [0.3, 0.4) is 0 Å². The van der Waals surface area contributed by atoms with E-state index in [-0.39, 0.29) is 5.69 Å². The second-order valence-electron chi connectivity index (χ2n) is 2.69. The van der Waals surface area contributed by atoms with Crippen molar-refractivity contribution in [2.45, 2.75) is 0 Å². The maximum Gasteiger partial charge on any atom is 0.296 e. The first kappa shape index (κ1) is 8.74. The van der Waals surface area contributed by atoms with E-state index in [1.807, 2.05) is 5.32 Å². The van der Waals surface area contributed by atoms with E-state index < -0.39 is 34.7 Å². The monoisotopic (exact) mass is 201 g/mol. The molecule has 72 valence electrons. The Morgan fingerprint density at radius 1 is 1.07 bits per heavy atom. The highest BCUT2D eigenvalue weighted by Crippen LogP contribution is 2.28. The Bertz CT molecular complexity index is 470. The third-order valence-electron chi connectivity index (χ3n) is 1.84. The Labute approximate surface area is 75.5 Å². The molecule has 1 aliphatic rings. The molecule has 0 aromatic heterocycles. The minimum atomic E-state index is -1.76. The molecule has 1 N–H and O–H groups in total. The molecule has 0 unspecified atom stereocenters. The molecule has 0 spiro atoms. The van der Waals surface area contributed by atoms with Crippen molar-refractivity contribution in [2.75, 3.05) is 5.32 Å². The number of Topliss-reactive ketones (excluding diaryl/α,β-unsaturated/α-hetero) is 1. The van der Waals surface area contributed by atoms with Crippen LogP contribution < -0.4 is 5.32 Å². The highest BCUT2D eigenvalue weighted by molar-refractivity contribution is 6.51. The zero-order valence-corrected chi connectivity index (χ0v) is 6.53. The number of carbonyl (C=O) groups excluding carboxylic acids is 2. The van der Waals surface area contributed by atoms with Crippen LogP contribution in [-0.2, 0) is 4.79 Å². The molecule has 14 heavy (non-hydrogen) atoms. The van der Waals surface area contributed by atoms with Crippen molar-refractivity contribution < 1.29 is 22.8 Å². The van der Waals surface area contributed by atoms with Crippen molar-refractivity contribution in [1.29, 1.82) is 0 Å². The summed E-state index contributed by atoms with van der Waals surface area (Å²) in [5, 5.41) is 1.92. The van der Waals surface area contributed by atoms with Crippen molar-refractivity contribution in [3.63, 3.8) is 0 Å². The van der Waals surface area contributed by atoms with Crippen LogP contribution in [0.4, 0.5) is 18.9 Å². The molecule has 3 nitrogen and oxygen atoms in total. The molecule has 0 fully saturated rings. The molecule has 2 rings (SSSR count). The van der Waals surface area contributed by atoms with E-state index in [0.717, 1.165) is 0 Å². The number of amides is 1. The van der Waals surface area contributed by atoms with Crippen LogP contribution in [0.5, 0.6) is 0 Å². The van der Waals surface area contributed by atoms with Crippen molar-refractivity contribution in [3.05, 3.63) is 29.1 Å². The topological polar surface area (TPSA) is 46.2 Å². The van der Waals surface area contributed by atoms with Gasteiger partial charge < -0.3 is 5.32 Å². The molecule has 1 heterocycles. The van der Waals surface area contributed by atoms with Crippen LogP contribution in [-0.4, -0.2) is 11.7 Å². The van der Waals surface area contributed by atoms with Gasteiger partial charge in [0, 0.05) is 6.07 Å². The second-order valence-corrected chi connectivity index (χ2v) is 2.69. The largest absolute Gasteiger partial charge is 0.318 e. The lowest BCUT2D eigenvalue weighted by molar-refractivity contribution is -0.112. The Morgan fingerprint density at radius 2 is 1.71 bits per heavy atom. The minimum Gasteiger partial charge on any atom is -0.318 e. The van der Waals surface area contributed by atoms with Gasteiger partial charge in [-0.25, -0.2) is 13.2 Å². The van der Waals surface area contributed by atoms with Crippen LogP contribution in [0.2, 0.25) is 0 Å². The van der Waals surface area contributed by atoms with E-state index >= 15 is 0 Å². The number of ketones is 1. The predicted molar refractivity (Wildman–Crippen MR) is 39.3 cm³/mol. The van der Waals surface area contributed by atoms with Crippen molar-refractivity contribution >= 4 is 17.4 Å². The maximum absolute atomic E-state index is 13.0. The third kappa shape index (κ3) is 0.935. The number of rotatable bonds is 0. The third-order valence-corrected chi connectivity index (χ3v) is 1.84. The van der Waals surface area contributed by atoms with Gasteiger partial charge in [-0.2, -0.15) is 0 Å². The van der Waals surface area contributed by atoms with Gasteiger partial charge in [0.25, 0.3) is 11.7 Å². The van der Waals surface area contributed by atoms with Crippen molar-refractivity contribution in [3.8, 4) is 0 Å². The van der Waals surface area contributed by atoms with Gasteiger partial charge in [0.05, 0.1) is 11.3 Å². The zero-order chi connectivity index (χ0) is 10.5. The van der Waals surface area contributed by atoms with Crippen LogP contribution >= 0.6 is 0 Å². The first-order valence-corrected chi connectivity index (χ1v) is 3.55. The smallest absolute Gasteiger partial charge is 0.296 e. The number of halogens is 3. The van der Waals surface area contributed by atoms with E-state index in [1.54, 1.807) is 0 Å². The molecule has 0 atom stereocenters. The van der Waals surface area contributed by atoms with Crippen molar-refractivity contribution in [2.24, 2.45) is 0 Å². The van der Waals surface area contributed by atoms with Crippen LogP contribution in [0.25, 0.3) is 0 Å². The highest BCUT2D eigenvalue weighted by Gasteiger charge is 2.34. The molecule has 1 amide bonds. The normalized spacial score (nSPS) is 14.2. The number of nitrogens with one attached hydrogen (secondary N) is 1. The summed E-state index contributed by atoms with van der Waals surface area (Å²) in [5.41, 5.74) is -1.08. The molecule has 0 saturated heterocycles. The molecule has 0 bridgehead atoms. The molecular formula is C8H2F3NO2. The molecule has 0 aliphatic carbocycles. The summed E-state index contributed by atoms with van der Waals surface area (Å²) >= 11 is 0. The molecule has 1 aromatic carbocycles. The van der Waals surface area contributed by atoms with Gasteiger partial charge in [-0.05, 0) is 0 Å². The fourth-order valence-corrected chi connectivity index (χ4v) is 1.21. The maximum atomic E-state index is 13.0. The van der Waals surface area contributed by atoms with Crippen LogP contribution in [0.15, 0.2) is 6.07 Å². The number of anilines is 1. The van der Waals surface area contributed by atoms with Gasteiger partial charge in [0.15, 0.2) is 17.5 Å². The lowest BCUT2D eigenvalue weighted by Gasteiger charge is -2.00. The molecular weight excluding hydrogens is 199 g/mol. The summed E-state index contributed by atoms with van der Waals surface area (Å²) in [7, 11) is 0. The summed E-state index contributed by atoms with van der Waals surface area (Å²) in [5.74, 6) is -7.13. The summed E-state index contributed by atoms with van der Waals surface area (Å²) in [4.78, 5) is 21.7. The van der Waals surface area contributed by atoms with Gasteiger partial charge in [0.2, 0.25) is 0 Å². The van der Waals surface area contributed by atoms with Crippen LogP contribution in [0.1, 0.15) is 10.4 Å². The fourth-order valence-electron chi connectivity index (χ4n) is 1.21. The number of benzene rings is 1. The SMILES string of the molecule is O=C1Nc2cc(F)c(F)c(F)c2C1=O. The fraction of sp³-hybridized carbons (Fsp3) is 0. The average Bonchev–Trinajstić information content (AvgIpc) is 2.39. The molecule has 0 radical (unpaired) electrons. The van der Waals surface area contributed by atoms with E-state index in [0.29, 0.717) is 6.07 Å². The molecule has 6 heteroatoms. The first-order chi connectivity index (χ1) is 6.52. The van der Waals surface area contributed by atoms with Crippen molar-refractivity contribution in [1.82, 2.24) is 0 Å². The number of carbonyl (C=O) groups is 2. The first-order valence-electron chi connectivity index (χ1n) is 3.55. The molecule has 1 aliphatic heterocycles. The quantitative estimate of drug-likeness (QED) is 0.507. The number of hydrogen-bond acceptors (Lipinski definition) is 2. The highest BCUT2D eigenvalue weighted by atomic mass is 19.2. The lowest BCUT2D eigenvalue weighted by atomic mass is 10.1. The van der Waals surface area contributed by atoms with Gasteiger partial charge in [-0.3, -0.25) is 9.59 Å². The van der Waals surface area contributed by atoms with Gasteiger partial charge in [-0.1, -0.05) is 0 Å². The van der Waals surface area contributed by atoms with E-state index in [2.05, 4.69) is 0 Å². The number of hydrogen-bond donors (Lipinski definition) is 1. The Morgan fingerprint density at radius 3 is 2.36 bits per heavy atom. The second kappa shape index (κ2) is 2.57. The molecule has 0 saturated carbocycles. The van der Waals surface area contributed by atoms with E-state index in [9.17, 15) is 22.8 Å². The van der Waals surface area contributed by atoms with Gasteiger partial charge in [-0.15, -0.1) is 0 Å². The Hall–Kier alpha value is -1.85. The zero-order valence-electron chi connectivity index (χ0n) is 6.53. The average molecular weight is 201 g/mol. The van der Waals surface area contributed by atoms with Gasteiger partial charge in [0.1, 0.15) is 0 Å². The summed E-state index contributed by atoms with van der Waals surface area (Å²) < 4.78 is 38.2. The standard InChI is InChI=1S/C8H2F3NO2/c9-2-1-3-4(6(11)5(2)10)7(13)8(14)12-3/h1H,(H,12,13,14). The Kier molecular flexibility index (Phi) is 1.60. The summed E-state index contributed by atoms with van der Waals surface area (Å²) in [6.07, 6.45) is 0. The minimum absolute atomic E-state index is 0.337. The number of fused-ring (bicyclic) bond motifs is 1. The molecule has 1 aromatic rings. The van der Waals surface area contributed by atoms with E-state index in [4.69, 9.17) is 0 Å². The lowest BCUT2D eigenvalue weighted by Crippen LogP contribution is -2.13. The summed E-state index contributed by atoms with van der Waals surface area (Å²) in [6, 6.07) is 0.566. The predicted octanol–water partition coefficient (Wildman–Crippen LogP) is 1.24.